The van der Waals surface area contributed by atoms with Crippen LogP contribution >= 0.6 is 0 Å². The van der Waals surface area contributed by atoms with Crippen molar-refractivity contribution in [3.63, 3.8) is 0 Å². The standard InChI is InChI=1S/C44H47N7O5/c1-6-9-11-30-15-19-36(51(30)43(53)25(4)46-44(54)55-5)41-45-23-35(48-41)27-12-16-31-28(20-27)24-56-38-22-32-26(21-33(31)38)13-17-34-40(32)49-42(47-34)37-18-14-29(8-3)50(37)39(52)10-7-2/h8,12-13,16-17,20-23,25,29-30,36-37H,3,6-7,10,14-15,18-19,24H2,1-2,4-5H3,(H,45,48)(H,46,54)(H,47,49). The molecule has 56 heavy (non-hydrogen) atoms. The van der Waals surface area contributed by atoms with Crippen LogP contribution in [0.1, 0.15) is 95.0 Å². The highest BCUT2D eigenvalue weighted by Crippen LogP contribution is 2.44. The molecule has 0 saturated carbocycles. The van der Waals surface area contributed by atoms with E-state index in [4.69, 9.17) is 19.4 Å². The van der Waals surface area contributed by atoms with Gasteiger partial charge in [-0.05, 0) is 85.4 Å². The summed E-state index contributed by atoms with van der Waals surface area (Å²) in [5.41, 5.74) is 6.75. The third-order valence-electron chi connectivity index (χ3n) is 11.3. The molecule has 0 radical (unpaired) electrons. The molecule has 288 valence electrons. The molecule has 12 heteroatoms. The average Bonchev–Trinajstić information content (AvgIpc) is 4.03. The molecule has 5 unspecified atom stereocenters. The van der Waals surface area contributed by atoms with Crippen LogP contribution in [-0.4, -0.2) is 72.9 Å². The fourth-order valence-corrected chi connectivity index (χ4v) is 8.59. The van der Waals surface area contributed by atoms with Crippen molar-refractivity contribution in [2.75, 3.05) is 7.11 Å². The maximum atomic E-state index is 13.7. The number of hydrogen-bond donors (Lipinski definition) is 3. The Morgan fingerprint density at radius 1 is 1.04 bits per heavy atom. The maximum Gasteiger partial charge on any atom is 0.407 e. The molecule has 5 heterocycles. The van der Waals surface area contributed by atoms with Gasteiger partial charge in [0.15, 0.2) is 0 Å². The molecule has 3 amide bonds. The lowest BCUT2D eigenvalue weighted by Gasteiger charge is -2.29. The molecule has 0 bridgehead atoms. The lowest BCUT2D eigenvalue weighted by atomic mass is 9.92. The minimum Gasteiger partial charge on any atom is -0.488 e. The number of hydrogen-bond acceptors (Lipinski definition) is 7. The van der Waals surface area contributed by atoms with Gasteiger partial charge in [-0.2, -0.15) is 0 Å². The van der Waals surface area contributed by atoms with E-state index >= 15 is 0 Å². The summed E-state index contributed by atoms with van der Waals surface area (Å²) >= 11 is 0. The van der Waals surface area contributed by atoms with Gasteiger partial charge in [-0.3, -0.25) is 9.59 Å². The minimum absolute atomic E-state index is 0.0131. The highest BCUT2D eigenvalue weighted by Gasteiger charge is 2.41. The lowest BCUT2D eigenvalue weighted by molar-refractivity contribution is -0.135. The molecule has 8 rings (SSSR count). The lowest BCUT2D eigenvalue weighted by Crippen LogP contribution is -2.49. The first-order valence-electron chi connectivity index (χ1n) is 19.6. The number of benzene rings is 3. The Hall–Kier alpha value is -6.09. The van der Waals surface area contributed by atoms with Gasteiger partial charge in [-0.1, -0.05) is 44.0 Å². The van der Waals surface area contributed by atoms with Gasteiger partial charge in [0.1, 0.15) is 30.0 Å². The van der Waals surface area contributed by atoms with Crippen LogP contribution in [0, 0.1) is 11.8 Å². The van der Waals surface area contributed by atoms with Crippen LogP contribution in [-0.2, 0) is 20.9 Å². The molecule has 2 fully saturated rings. The van der Waals surface area contributed by atoms with Crippen LogP contribution in [0.2, 0.25) is 0 Å². The molecule has 3 N–H and O–H groups in total. The van der Waals surface area contributed by atoms with Crippen LogP contribution in [0.3, 0.4) is 0 Å². The van der Waals surface area contributed by atoms with E-state index in [1.54, 1.807) is 18.0 Å². The summed E-state index contributed by atoms with van der Waals surface area (Å²) in [7, 11) is 1.27. The van der Waals surface area contributed by atoms with Crippen molar-refractivity contribution in [2.24, 2.45) is 0 Å². The number of methoxy groups -OCH3 is 1. The van der Waals surface area contributed by atoms with Gasteiger partial charge in [0.2, 0.25) is 11.8 Å². The van der Waals surface area contributed by atoms with Crippen molar-refractivity contribution < 1.29 is 23.9 Å². The zero-order chi connectivity index (χ0) is 39.1. The number of H-pyrrole nitrogens is 2. The summed E-state index contributed by atoms with van der Waals surface area (Å²) in [4.78, 5) is 59.3. The van der Waals surface area contributed by atoms with E-state index in [2.05, 4.69) is 76.2 Å². The quantitative estimate of drug-likeness (QED) is 0.108. The molecule has 3 aliphatic heterocycles. The fourth-order valence-electron chi connectivity index (χ4n) is 8.59. The van der Waals surface area contributed by atoms with Crippen molar-refractivity contribution in [2.45, 2.75) is 103 Å². The molecular formula is C44H47N7O5. The number of aromatic amines is 2. The second-order valence-corrected chi connectivity index (χ2v) is 14.8. The third kappa shape index (κ3) is 6.55. The number of nitrogens with zero attached hydrogens (tertiary/aromatic N) is 4. The normalized spacial score (nSPS) is 20.5. The highest BCUT2D eigenvalue weighted by atomic mass is 16.5. The molecule has 0 aliphatic carbocycles. The molecule has 5 aromatic rings. The van der Waals surface area contributed by atoms with Crippen molar-refractivity contribution in [3.8, 4) is 40.0 Å². The van der Waals surface area contributed by atoms with Gasteiger partial charge in [-0.25, -0.2) is 14.8 Å². The first kappa shape index (κ1) is 36.9. The number of ether oxygens (including phenoxy) is 2. The smallest absolute Gasteiger partial charge is 0.407 e. The predicted molar refractivity (Wildman–Crippen MR) is 214 cm³/mol. The maximum absolute atomic E-state index is 13.7. The number of likely N-dealkylation sites (tertiary alicyclic amines) is 2. The Kier molecular flexibility index (Phi) is 10.0. The van der Waals surface area contributed by atoms with E-state index in [-0.39, 0.29) is 36.0 Å². The largest absolute Gasteiger partial charge is 0.488 e. The minimum atomic E-state index is -0.789. The molecular weight excluding hydrogens is 707 g/mol. The van der Waals surface area contributed by atoms with Crippen molar-refractivity contribution in [1.82, 2.24) is 35.1 Å². The average molecular weight is 754 g/mol. The summed E-state index contributed by atoms with van der Waals surface area (Å²) in [6.07, 6.45) is 8.12. The topological polar surface area (TPSA) is 146 Å². The highest BCUT2D eigenvalue weighted by molar-refractivity contribution is 6.07. The zero-order valence-electron chi connectivity index (χ0n) is 32.3. The second kappa shape index (κ2) is 15.2. The predicted octanol–water partition coefficient (Wildman–Crippen LogP) is 7.87. The number of amides is 3. The number of fused-ring (bicyclic) bond motifs is 6. The summed E-state index contributed by atoms with van der Waals surface area (Å²) in [5.74, 6) is 8.56. The number of nitrogens with one attached hydrogen (secondary N) is 3. The molecule has 5 atom stereocenters. The van der Waals surface area contributed by atoms with Gasteiger partial charge in [0.25, 0.3) is 0 Å². The molecule has 0 spiro atoms. The Bertz CT molecular complexity index is 2420. The summed E-state index contributed by atoms with van der Waals surface area (Å²) in [6.45, 7) is 10.1. The van der Waals surface area contributed by atoms with Crippen LogP contribution in [0.5, 0.6) is 5.75 Å². The van der Waals surface area contributed by atoms with Crippen molar-refractivity contribution >= 4 is 39.7 Å². The van der Waals surface area contributed by atoms with Gasteiger partial charge in [0.05, 0.1) is 54.2 Å². The molecule has 2 aromatic heterocycles. The van der Waals surface area contributed by atoms with Crippen LogP contribution in [0.4, 0.5) is 4.79 Å². The van der Waals surface area contributed by atoms with Gasteiger partial charge in [0, 0.05) is 23.8 Å². The number of carbonyl (C=O) groups is 3. The summed E-state index contributed by atoms with van der Waals surface area (Å²) in [5, 5.41) is 4.65. The molecule has 3 aliphatic rings. The van der Waals surface area contributed by atoms with E-state index in [1.807, 2.05) is 24.8 Å². The Morgan fingerprint density at radius 2 is 1.86 bits per heavy atom. The van der Waals surface area contributed by atoms with E-state index < -0.39 is 12.1 Å². The zero-order valence-corrected chi connectivity index (χ0v) is 32.3. The van der Waals surface area contributed by atoms with Crippen molar-refractivity contribution in [3.05, 3.63) is 78.5 Å². The van der Waals surface area contributed by atoms with E-state index in [1.165, 1.54) is 7.11 Å². The van der Waals surface area contributed by atoms with E-state index in [0.717, 1.165) is 80.6 Å². The first-order chi connectivity index (χ1) is 27.2. The van der Waals surface area contributed by atoms with Crippen molar-refractivity contribution in [1.29, 1.82) is 0 Å². The number of carbonyl (C=O) groups excluding carboxylic acids is 3. The van der Waals surface area contributed by atoms with Crippen LogP contribution in [0.15, 0.2) is 61.3 Å². The molecule has 2 saturated heterocycles. The summed E-state index contributed by atoms with van der Waals surface area (Å²) < 4.78 is 11.1. The Morgan fingerprint density at radius 3 is 2.64 bits per heavy atom. The third-order valence-corrected chi connectivity index (χ3v) is 11.3. The number of alkyl carbamates (subject to hydrolysis) is 1. The molecule has 3 aromatic carbocycles. The second-order valence-electron chi connectivity index (χ2n) is 14.8. The van der Waals surface area contributed by atoms with Gasteiger partial charge >= 0.3 is 6.09 Å². The Balaban J connectivity index is 1.06. The number of imidazole rings is 2. The number of aromatic nitrogens is 4. The van der Waals surface area contributed by atoms with Gasteiger partial charge in [-0.15, -0.1) is 12.5 Å². The first-order valence-corrected chi connectivity index (χ1v) is 19.6. The Labute approximate surface area is 326 Å². The molecule has 12 nitrogen and oxygen atoms in total. The monoisotopic (exact) mass is 753 g/mol. The SMILES string of the molecule is C=CC1CCC(c2nc3c(ccc4cc5c(cc43)OCc3cc(-c4cnc(C6CCC(C#CCC)N6C(=O)C(C)NC(=O)OC)[nH]4)ccc3-5)[nH]2)N1C(=O)CCC. The van der Waals surface area contributed by atoms with E-state index in [9.17, 15) is 14.4 Å². The summed E-state index contributed by atoms with van der Waals surface area (Å²) in [6, 6.07) is 13.3. The van der Waals surface area contributed by atoms with Gasteiger partial charge < -0.3 is 34.6 Å². The van der Waals surface area contributed by atoms with E-state index in [0.29, 0.717) is 38.1 Å². The number of rotatable bonds is 8. The van der Waals surface area contributed by atoms with Crippen LogP contribution in [0.25, 0.3) is 44.2 Å². The van der Waals surface area contributed by atoms with Crippen LogP contribution < -0.4 is 10.1 Å². The fraction of sp³-hybridized carbons (Fsp3) is 0.386.